The third kappa shape index (κ3) is 3.20. The van der Waals surface area contributed by atoms with E-state index >= 15 is 0 Å². The summed E-state index contributed by atoms with van der Waals surface area (Å²) in [4.78, 5) is 10.4. The Labute approximate surface area is 237 Å². The molecule has 0 aliphatic heterocycles. The maximum absolute atomic E-state index is 5.24. The summed E-state index contributed by atoms with van der Waals surface area (Å²) >= 11 is 0. The van der Waals surface area contributed by atoms with E-state index in [1.165, 1.54) is 49.5 Å². The molecule has 0 bridgehead atoms. The van der Waals surface area contributed by atoms with Crippen LogP contribution in [0, 0.1) is 0 Å². The van der Waals surface area contributed by atoms with Crippen LogP contribution >= 0.6 is 0 Å². The fourth-order valence-corrected chi connectivity index (χ4v) is 6.58. The molecule has 9 rings (SSSR count). The second kappa shape index (κ2) is 8.48. The highest BCUT2D eigenvalue weighted by Gasteiger charge is 2.26. The van der Waals surface area contributed by atoms with Crippen LogP contribution in [0.3, 0.4) is 0 Å². The molecule has 1 aliphatic carbocycles. The Morgan fingerprint density at radius 3 is 1.90 bits per heavy atom. The molecule has 6 aromatic carbocycles. The highest BCUT2D eigenvalue weighted by molar-refractivity contribution is 6.21. The summed E-state index contributed by atoms with van der Waals surface area (Å²) in [6.45, 7) is 0. The van der Waals surface area contributed by atoms with Gasteiger partial charge >= 0.3 is 0 Å². The van der Waals surface area contributed by atoms with Crippen molar-refractivity contribution in [3.05, 3.63) is 140 Å². The molecule has 41 heavy (non-hydrogen) atoms. The molecule has 1 aliphatic rings. The van der Waals surface area contributed by atoms with E-state index in [0.29, 0.717) is 5.95 Å². The molecule has 0 amide bonds. The Hall–Kier alpha value is -5.54. The highest BCUT2D eigenvalue weighted by Crippen LogP contribution is 2.51. The number of para-hydroxylation sites is 1. The lowest BCUT2D eigenvalue weighted by Crippen LogP contribution is -2.02. The molecule has 0 unspecified atom stereocenters. The van der Waals surface area contributed by atoms with Crippen molar-refractivity contribution in [3.63, 3.8) is 0 Å². The van der Waals surface area contributed by atoms with Crippen molar-refractivity contribution in [1.82, 2.24) is 14.5 Å². The quantitative estimate of drug-likeness (QED) is 0.227. The van der Waals surface area contributed by atoms with Gasteiger partial charge in [-0.25, -0.2) is 9.97 Å². The van der Waals surface area contributed by atoms with Gasteiger partial charge in [0.1, 0.15) is 0 Å². The molecule has 0 spiro atoms. The van der Waals surface area contributed by atoms with Crippen molar-refractivity contribution >= 4 is 32.6 Å². The topological polar surface area (TPSA) is 30.7 Å². The second-order valence-corrected chi connectivity index (χ2v) is 10.6. The average Bonchev–Trinajstić information content (AvgIpc) is 3.36. The van der Waals surface area contributed by atoms with Crippen LogP contribution in [0.4, 0.5) is 0 Å². The zero-order valence-electron chi connectivity index (χ0n) is 22.1. The first kappa shape index (κ1) is 22.3. The summed E-state index contributed by atoms with van der Waals surface area (Å²) in [6.07, 6.45) is 2.25. The molecule has 8 aromatic rings. The van der Waals surface area contributed by atoms with E-state index in [9.17, 15) is 0 Å². The van der Waals surface area contributed by atoms with Gasteiger partial charge in [0.25, 0.3) is 0 Å². The van der Waals surface area contributed by atoms with Gasteiger partial charge in [-0.2, -0.15) is 0 Å². The molecular formula is C38H23N3. The van der Waals surface area contributed by atoms with Crippen molar-refractivity contribution in [1.29, 1.82) is 0 Å². The monoisotopic (exact) mass is 521 g/mol. The number of fused-ring (bicyclic) bond motifs is 8. The molecule has 0 radical (unpaired) electrons. The van der Waals surface area contributed by atoms with Crippen molar-refractivity contribution in [2.75, 3.05) is 0 Å². The second-order valence-electron chi connectivity index (χ2n) is 10.6. The van der Waals surface area contributed by atoms with Crippen LogP contribution in [0.5, 0.6) is 0 Å². The fourth-order valence-electron chi connectivity index (χ4n) is 6.58. The molecule has 2 heterocycles. The average molecular weight is 522 g/mol. The number of rotatable bonds is 2. The van der Waals surface area contributed by atoms with Crippen LogP contribution in [0.2, 0.25) is 0 Å². The van der Waals surface area contributed by atoms with E-state index in [2.05, 4.69) is 132 Å². The predicted octanol–water partition coefficient (Wildman–Crippen LogP) is 9.71. The van der Waals surface area contributed by atoms with Crippen LogP contribution in [0.25, 0.3) is 83.2 Å². The molecule has 0 N–H and O–H groups in total. The lowest BCUT2D eigenvalue weighted by atomic mass is 9.91. The summed E-state index contributed by atoms with van der Waals surface area (Å²) < 4.78 is 2.20. The number of hydrogen-bond donors (Lipinski definition) is 0. The minimum absolute atomic E-state index is 0.673. The van der Waals surface area contributed by atoms with E-state index in [4.69, 9.17) is 9.97 Å². The van der Waals surface area contributed by atoms with Crippen molar-refractivity contribution in [3.8, 4) is 50.6 Å². The standard InChI is InChI=1S/C38H23N3/c1-2-12-24(13-3-1)37-31-20-10-11-21-33(31)39-38(40-37)41-23-32-29-18-7-6-16-27(29)28-17-8-9-19-30(28)35-26-15-5-4-14-25(26)22-34(41)36(32)35/h1-23H. The minimum atomic E-state index is 0.673. The van der Waals surface area contributed by atoms with Crippen LogP contribution in [-0.4, -0.2) is 14.5 Å². The SMILES string of the molecule is c1ccc(-c2nc(-n3cc4c5c(c6ccccc6cc53)-c3ccccc3-c3ccccc3-4)nc3ccccc23)cc1. The van der Waals surface area contributed by atoms with Crippen LogP contribution in [-0.2, 0) is 0 Å². The van der Waals surface area contributed by atoms with Crippen LogP contribution in [0.15, 0.2) is 140 Å². The van der Waals surface area contributed by atoms with Gasteiger partial charge in [-0.15, -0.1) is 0 Å². The van der Waals surface area contributed by atoms with Gasteiger partial charge in [0.05, 0.1) is 16.7 Å². The first-order chi connectivity index (χ1) is 20.3. The van der Waals surface area contributed by atoms with Gasteiger partial charge < -0.3 is 0 Å². The zero-order valence-corrected chi connectivity index (χ0v) is 22.1. The van der Waals surface area contributed by atoms with Gasteiger partial charge in [-0.05, 0) is 45.2 Å². The van der Waals surface area contributed by atoms with E-state index < -0.39 is 0 Å². The maximum Gasteiger partial charge on any atom is 0.235 e. The number of nitrogens with zero attached hydrogens (tertiary/aromatic N) is 3. The van der Waals surface area contributed by atoms with E-state index in [1.54, 1.807) is 0 Å². The third-order valence-corrected chi connectivity index (χ3v) is 8.37. The van der Waals surface area contributed by atoms with E-state index in [-0.39, 0.29) is 0 Å². The molecule has 0 saturated heterocycles. The Morgan fingerprint density at radius 1 is 0.488 bits per heavy atom. The van der Waals surface area contributed by atoms with Gasteiger partial charge in [0.15, 0.2) is 0 Å². The van der Waals surface area contributed by atoms with Crippen LogP contribution < -0.4 is 0 Å². The smallest absolute Gasteiger partial charge is 0.235 e. The summed E-state index contributed by atoms with van der Waals surface area (Å²) in [6, 6.07) is 47.3. The Kier molecular flexibility index (Phi) is 4.61. The third-order valence-electron chi connectivity index (χ3n) is 8.37. The number of aromatic nitrogens is 3. The Morgan fingerprint density at radius 2 is 1.10 bits per heavy atom. The molecular weight excluding hydrogens is 498 g/mol. The fraction of sp³-hybridized carbons (Fsp3) is 0. The summed E-state index contributed by atoms with van der Waals surface area (Å²) in [5.41, 5.74) is 11.5. The van der Waals surface area contributed by atoms with Gasteiger partial charge in [0.2, 0.25) is 5.95 Å². The number of benzene rings is 6. The Bertz CT molecular complexity index is 2310. The summed E-state index contributed by atoms with van der Waals surface area (Å²) in [7, 11) is 0. The van der Waals surface area contributed by atoms with Crippen molar-refractivity contribution < 1.29 is 0 Å². The molecule has 190 valence electrons. The normalized spacial score (nSPS) is 11.9. The molecule has 3 heteroatoms. The minimum Gasteiger partial charge on any atom is -0.285 e. The summed E-state index contributed by atoms with van der Waals surface area (Å²) in [5, 5.41) is 4.74. The van der Waals surface area contributed by atoms with Gasteiger partial charge in [0, 0.05) is 33.7 Å². The molecule has 3 nitrogen and oxygen atoms in total. The predicted molar refractivity (Wildman–Crippen MR) is 169 cm³/mol. The van der Waals surface area contributed by atoms with Crippen molar-refractivity contribution in [2.45, 2.75) is 0 Å². The lowest BCUT2D eigenvalue weighted by molar-refractivity contribution is 0.985. The molecule has 2 aromatic heterocycles. The number of hydrogen-bond acceptors (Lipinski definition) is 2. The largest absolute Gasteiger partial charge is 0.285 e. The van der Waals surface area contributed by atoms with E-state index in [1.807, 2.05) is 12.1 Å². The van der Waals surface area contributed by atoms with Gasteiger partial charge in [-0.3, -0.25) is 4.57 Å². The maximum atomic E-state index is 5.24. The molecule has 0 fully saturated rings. The first-order valence-electron chi connectivity index (χ1n) is 13.9. The Balaban J connectivity index is 1.46. The lowest BCUT2D eigenvalue weighted by Gasteiger charge is -2.15. The summed E-state index contributed by atoms with van der Waals surface area (Å²) in [5.74, 6) is 0.673. The highest BCUT2D eigenvalue weighted by atomic mass is 15.1. The van der Waals surface area contributed by atoms with E-state index in [0.717, 1.165) is 27.7 Å². The molecule has 0 saturated carbocycles. The first-order valence-corrected chi connectivity index (χ1v) is 13.9. The van der Waals surface area contributed by atoms with Gasteiger partial charge in [-0.1, -0.05) is 121 Å². The molecule has 0 atom stereocenters. The zero-order chi connectivity index (χ0) is 26.9. The van der Waals surface area contributed by atoms with Crippen molar-refractivity contribution in [2.24, 2.45) is 0 Å². The van der Waals surface area contributed by atoms with Crippen LogP contribution in [0.1, 0.15) is 0 Å².